The molecule has 2 aromatic carbocycles. The van der Waals surface area contributed by atoms with Crippen LogP contribution in [0.5, 0.6) is 5.75 Å². The first-order chi connectivity index (χ1) is 14.5. The lowest BCUT2D eigenvalue weighted by Crippen LogP contribution is -2.49. The number of rotatable bonds is 5. The summed E-state index contributed by atoms with van der Waals surface area (Å²) in [5, 5.41) is 10.5. The van der Waals surface area contributed by atoms with E-state index < -0.39 is 0 Å². The molecule has 30 heavy (non-hydrogen) atoms. The number of aromatic nitrogens is 2. The first-order valence-corrected chi connectivity index (χ1v) is 11.0. The molecule has 0 saturated carbocycles. The highest BCUT2D eigenvalue weighted by Gasteiger charge is 2.22. The monoisotopic (exact) mass is 422 g/mol. The molecular weight excluding hydrogens is 396 g/mol. The molecule has 0 radical (unpaired) electrons. The van der Waals surface area contributed by atoms with Crippen LogP contribution < -0.4 is 4.90 Å². The van der Waals surface area contributed by atoms with Gasteiger partial charge in [-0.05, 0) is 49.2 Å². The van der Waals surface area contributed by atoms with Crippen molar-refractivity contribution in [3.8, 4) is 11.4 Å². The zero-order valence-electron chi connectivity index (χ0n) is 17.3. The van der Waals surface area contributed by atoms with Crippen LogP contribution in [-0.2, 0) is 4.79 Å². The van der Waals surface area contributed by atoms with Crippen molar-refractivity contribution < 1.29 is 9.90 Å². The first kappa shape index (κ1) is 20.3. The molecule has 1 fully saturated rings. The zero-order valence-corrected chi connectivity index (χ0v) is 18.1. The number of amides is 1. The molecule has 0 unspecified atom stereocenters. The van der Waals surface area contributed by atoms with Gasteiger partial charge in [-0.15, -0.1) is 0 Å². The molecule has 0 spiro atoms. The van der Waals surface area contributed by atoms with Gasteiger partial charge in [-0.3, -0.25) is 9.36 Å². The predicted molar refractivity (Wildman–Crippen MR) is 121 cm³/mol. The van der Waals surface area contributed by atoms with E-state index in [0.717, 1.165) is 29.6 Å². The normalized spacial score (nSPS) is 14.2. The summed E-state index contributed by atoms with van der Waals surface area (Å²) < 4.78 is 2.04. The number of piperazine rings is 1. The number of benzene rings is 2. The molecule has 1 aliphatic heterocycles. The van der Waals surface area contributed by atoms with E-state index >= 15 is 0 Å². The Morgan fingerprint density at radius 3 is 2.47 bits per heavy atom. The third-order valence-electron chi connectivity index (χ3n) is 5.24. The van der Waals surface area contributed by atoms with Gasteiger partial charge in [0, 0.05) is 56.0 Å². The van der Waals surface area contributed by atoms with Crippen molar-refractivity contribution in [1.29, 1.82) is 0 Å². The topological polar surface area (TPSA) is 61.6 Å². The van der Waals surface area contributed by atoms with Crippen LogP contribution >= 0.6 is 11.8 Å². The number of anilines is 1. The Hall–Kier alpha value is -2.93. The SMILES string of the molecule is Cc1cc(C)cc(-n2ccnc2SCC(=O)N2CCN(c3cccc(O)c3)CC2)c1. The van der Waals surface area contributed by atoms with Crippen molar-refractivity contribution in [2.24, 2.45) is 0 Å². The van der Waals surface area contributed by atoms with E-state index in [9.17, 15) is 9.90 Å². The zero-order chi connectivity index (χ0) is 21.1. The highest BCUT2D eigenvalue weighted by atomic mass is 32.2. The Bertz CT molecular complexity index is 1020. The Morgan fingerprint density at radius 2 is 1.77 bits per heavy atom. The number of carbonyl (C=O) groups excluding carboxylic acids is 1. The standard InChI is InChI=1S/C23H26N4O2S/c1-17-12-18(2)14-20(13-17)27-7-6-24-23(27)30-16-22(29)26-10-8-25(9-11-26)19-4-3-5-21(28)15-19/h3-7,12-15,28H,8-11,16H2,1-2H3. The molecule has 6 nitrogen and oxygen atoms in total. The Kier molecular flexibility index (Phi) is 5.99. The minimum atomic E-state index is 0.130. The molecule has 2 heterocycles. The number of imidazole rings is 1. The third kappa shape index (κ3) is 4.62. The van der Waals surface area contributed by atoms with Crippen molar-refractivity contribution in [1.82, 2.24) is 14.5 Å². The summed E-state index contributed by atoms with van der Waals surface area (Å²) >= 11 is 1.48. The lowest BCUT2D eigenvalue weighted by molar-refractivity contribution is -0.128. The van der Waals surface area contributed by atoms with Crippen LogP contribution in [0.25, 0.3) is 5.69 Å². The summed E-state index contributed by atoms with van der Waals surface area (Å²) in [5.41, 5.74) is 4.47. The molecule has 156 valence electrons. The number of hydrogen-bond donors (Lipinski definition) is 1. The lowest BCUT2D eigenvalue weighted by atomic mass is 10.1. The third-order valence-corrected chi connectivity index (χ3v) is 6.20. The second kappa shape index (κ2) is 8.83. The van der Waals surface area contributed by atoms with Gasteiger partial charge in [0.25, 0.3) is 0 Å². The summed E-state index contributed by atoms with van der Waals surface area (Å²) in [5.74, 6) is 0.765. The van der Waals surface area contributed by atoms with Gasteiger partial charge in [0.15, 0.2) is 5.16 Å². The molecule has 1 aliphatic rings. The first-order valence-electron chi connectivity index (χ1n) is 10.1. The fraction of sp³-hybridized carbons (Fsp3) is 0.304. The quantitative estimate of drug-likeness (QED) is 0.636. The molecule has 0 aliphatic carbocycles. The van der Waals surface area contributed by atoms with Crippen molar-refractivity contribution >= 4 is 23.4 Å². The Morgan fingerprint density at radius 1 is 1.03 bits per heavy atom. The Labute approximate surface area is 181 Å². The van der Waals surface area contributed by atoms with Crippen molar-refractivity contribution in [2.45, 2.75) is 19.0 Å². The van der Waals surface area contributed by atoms with E-state index in [-0.39, 0.29) is 11.7 Å². The van der Waals surface area contributed by atoms with Crippen LogP contribution in [0.15, 0.2) is 60.0 Å². The molecule has 0 atom stereocenters. The minimum absolute atomic E-state index is 0.130. The number of hydrogen-bond acceptors (Lipinski definition) is 5. The summed E-state index contributed by atoms with van der Waals surface area (Å²) in [6.07, 6.45) is 3.72. The maximum atomic E-state index is 12.8. The van der Waals surface area contributed by atoms with E-state index in [1.165, 1.54) is 22.9 Å². The van der Waals surface area contributed by atoms with Crippen LogP contribution in [0.4, 0.5) is 5.69 Å². The van der Waals surface area contributed by atoms with Gasteiger partial charge in [0.2, 0.25) is 5.91 Å². The largest absolute Gasteiger partial charge is 0.508 e. The molecule has 1 saturated heterocycles. The van der Waals surface area contributed by atoms with Gasteiger partial charge in [0.1, 0.15) is 5.75 Å². The highest BCUT2D eigenvalue weighted by molar-refractivity contribution is 7.99. The molecule has 1 aromatic heterocycles. The van der Waals surface area contributed by atoms with Crippen LogP contribution in [0.3, 0.4) is 0 Å². The van der Waals surface area contributed by atoms with Gasteiger partial charge in [-0.2, -0.15) is 0 Å². The smallest absolute Gasteiger partial charge is 0.233 e. The van der Waals surface area contributed by atoms with E-state index in [0.29, 0.717) is 18.8 Å². The number of phenols is 1. The number of aryl methyl sites for hydroxylation is 2. The van der Waals surface area contributed by atoms with Crippen molar-refractivity contribution in [2.75, 3.05) is 36.8 Å². The number of phenolic OH excluding ortho intramolecular Hbond substituents is 1. The summed E-state index contributed by atoms with van der Waals surface area (Å²) in [6.45, 7) is 7.05. The molecule has 0 bridgehead atoms. The average Bonchev–Trinajstić information content (AvgIpc) is 3.20. The van der Waals surface area contributed by atoms with E-state index in [1.807, 2.05) is 27.8 Å². The van der Waals surface area contributed by atoms with Crippen molar-refractivity contribution in [3.05, 3.63) is 66.0 Å². The maximum Gasteiger partial charge on any atom is 0.233 e. The molecule has 1 amide bonds. The van der Waals surface area contributed by atoms with Crippen LogP contribution in [0.2, 0.25) is 0 Å². The fourth-order valence-corrected chi connectivity index (χ4v) is 4.68. The van der Waals surface area contributed by atoms with Crippen LogP contribution in [-0.4, -0.2) is 57.4 Å². The minimum Gasteiger partial charge on any atom is -0.508 e. The van der Waals surface area contributed by atoms with E-state index in [1.54, 1.807) is 18.3 Å². The Balaban J connectivity index is 1.35. The van der Waals surface area contributed by atoms with Gasteiger partial charge in [-0.25, -0.2) is 4.98 Å². The lowest BCUT2D eigenvalue weighted by Gasteiger charge is -2.36. The molecular formula is C23H26N4O2S. The molecule has 3 aromatic rings. The van der Waals surface area contributed by atoms with Gasteiger partial charge >= 0.3 is 0 Å². The second-order valence-electron chi connectivity index (χ2n) is 7.60. The fourth-order valence-electron chi connectivity index (χ4n) is 3.80. The van der Waals surface area contributed by atoms with Crippen LogP contribution in [0.1, 0.15) is 11.1 Å². The molecule has 7 heteroatoms. The van der Waals surface area contributed by atoms with Gasteiger partial charge in [-0.1, -0.05) is 23.9 Å². The molecule has 4 rings (SSSR count). The second-order valence-corrected chi connectivity index (χ2v) is 8.54. The summed E-state index contributed by atoms with van der Waals surface area (Å²) in [6, 6.07) is 13.7. The van der Waals surface area contributed by atoms with Crippen LogP contribution in [0, 0.1) is 13.8 Å². The van der Waals surface area contributed by atoms with E-state index in [4.69, 9.17) is 0 Å². The predicted octanol–water partition coefficient (Wildman–Crippen LogP) is 3.64. The van der Waals surface area contributed by atoms with Gasteiger partial charge in [0.05, 0.1) is 5.75 Å². The van der Waals surface area contributed by atoms with Gasteiger partial charge < -0.3 is 14.9 Å². The number of carbonyl (C=O) groups is 1. The number of aromatic hydroxyl groups is 1. The number of nitrogens with zero attached hydrogens (tertiary/aromatic N) is 4. The number of thioether (sulfide) groups is 1. The van der Waals surface area contributed by atoms with E-state index in [2.05, 4.69) is 41.9 Å². The molecule has 1 N–H and O–H groups in total. The summed E-state index contributed by atoms with van der Waals surface area (Å²) in [7, 11) is 0. The maximum absolute atomic E-state index is 12.8. The highest BCUT2D eigenvalue weighted by Crippen LogP contribution is 2.24. The average molecular weight is 423 g/mol. The summed E-state index contributed by atoms with van der Waals surface area (Å²) in [4.78, 5) is 21.3. The van der Waals surface area contributed by atoms with Crippen molar-refractivity contribution in [3.63, 3.8) is 0 Å².